The van der Waals surface area contributed by atoms with Crippen LogP contribution in [0.5, 0.6) is 0 Å². The maximum absolute atomic E-state index is 13.4. The van der Waals surface area contributed by atoms with Gasteiger partial charge in [-0.2, -0.15) is 0 Å². The van der Waals surface area contributed by atoms with Gasteiger partial charge in [0.2, 0.25) is 0 Å². The van der Waals surface area contributed by atoms with E-state index in [1.165, 1.54) is 12.1 Å². The monoisotopic (exact) mass is 422 g/mol. The first-order valence-electron chi connectivity index (χ1n) is 10.5. The van der Waals surface area contributed by atoms with Gasteiger partial charge in [0.25, 0.3) is 0 Å². The van der Waals surface area contributed by atoms with Crippen molar-refractivity contribution in [2.45, 2.75) is 13.8 Å². The summed E-state index contributed by atoms with van der Waals surface area (Å²) in [6.45, 7) is 4.07. The van der Waals surface area contributed by atoms with E-state index in [9.17, 15) is 4.39 Å². The van der Waals surface area contributed by atoms with Crippen LogP contribution in [-0.2, 0) is 7.05 Å². The fourth-order valence-electron chi connectivity index (χ4n) is 4.01. The van der Waals surface area contributed by atoms with Crippen LogP contribution in [0.3, 0.4) is 0 Å². The Hall–Kier alpha value is -3.99. The molecule has 0 aliphatic heterocycles. The van der Waals surface area contributed by atoms with Crippen molar-refractivity contribution in [1.29, 1.82) is 0 Å². The lowest BCUT2D eigenvalue weighted by Crippen LogP contribution is -1.94. The van der Waals surface area contributed by atoms with E-state index < -0.39 is 0 Å². The summed E-state index contributed by atoms with van der Waals surface area (Å²) in [7, 11) is 1.99. The van der Waals surface area contributed by atoms with Crippen LogP contribution in [-0.4, -0.2) is 14.5 Å². The van der Waals surface area contributed by atoms with Gasteiger partial charge < -0.3 is 9.88 Å². The van der Waals surface area contributed by atoms with Crippen LogP contribution in [0, 0.1) is 19.7 Å². The molecular weight excluding hydrogens is 399 g/mol. The molecule has 1 N–H and O–H groups in total. The number of nitrogens with one attached hydrogen (secondary N) is 1. The summed E-state index contributed by atoms with van der Waals surface area (Å²) in [6.07, 6.45) is 1.83. The first kappa shape index (κ1) is 19.9. The van der Waals surface area contributed by atoms with Crippen LogP contribution in [0.2, 0.25) is 0 Å². The molecule has 2 aromatic heterocycles. The molecule has 4 nitrogen and oxygen atoms in total. The summed E-state index contributed by atoms with van der Waals surface area (Å²) < 4.78 is 15.4. The summed E-state index contributed by atoms with van der Waals surface area (Å²) in [5.74, 6) is 0.549. The second-order valence-electron chi connectivity index (χ2n) is 8.07. The third kappa shape index (κ3) is 3.73. The van der Waals surface area contributed by atoms with Crippen molar-refractivity contribution in [2.75, 3.05) is 5.32 Å². The van der Waals surface area contributed by atoms with Crippen molar-refractivity contribution in [3.05, 3.63) is 96.1 Å². The SMILES string of the molecule is Cc1cc(Nc2ccc(-c3ccnc(C)c3)cc2)c2nc(-c3ccc(F)cc3)n(C)c2c1. The van der Waals surface area contributed by atoms with Gasteiger partial charge in [0, 0.05) is 30.2 Å². The third-order valence-electron chi connectivity index (χ3n) is 5.63. The predicted octanol–water partition coefficient (Wildman–Crippen LogP) is 6.80. The van der Waals surface area contributed by atoms with Crippen molar-refractivity contribution in [3.63, 3.8) is 0 Å². The Morgan fingerprint density at radius 1 is 0.812 bits per heavy atom. The number of hydrogen-bond acceptors (Lipinski definition) is 3. The summed E-state index contributed by atoms with van der Waals surface area (Å²) in [5, 5.41) is 3.53. The fraction of sp³-hybridized carbons (Fsp3) is 0.111. The quantitative estimate of drug-likeness (QED) is 0.346. The van der Waals surface area contributed by atoms with Crippen LogP contribution in [0.1, 0.15) is 11.3 Å². The molecule has 0 atom stereocenters. The number of pyridine rings is 1. The lowest BCUT2D eigenvalue weighted by atomic mass is 10.1. The molecule has 0 bridgehead atoms. The number of rotatable bonds is 4. The van der Waals surface area contributed by atoms with Crippen LogP contribution in [0.15, 0.2) is 79.0 Å². The molecule has 5 rings (SSSR count). The molecule has 0 unspecified atom stereocenters. The van der Waals surface area contributed by atoms with E-state index in [0.717, 1.165) is 56.2 Å². The molecule has 0 fully saturated rings. The minimum atomic E-state index is -0.254. The lowest BCUT2D eigenvalue weighted by molar-refractivity contribution is 0.628. The molecule has 0 saturated carbocycles. The van der Waals surface area contributed by atoms with Gasteiger partial charge in [0.05, 0.1) is 11.2 Å². The first-order valence-corrected chi connectivity index (χ1v) is 10.5. The van der Waals surface area contributed by atoms with Gasteiger partial charge in [-0.05, 0) is 91.2 Å². The Balaban J connectivity index is 1.51. The predicted molar refractivity (Wildman–Crippen MR) is 129 cm³/mol. The highest BCUT2D eigenvalue weighted by Gasteiger charge is 2.14. The van der Waals surface area contributed by atoms with E-state index in [1.807, 2.05) is 26.2 Å². The largest absolute Gasteiger partial charge is 0.354 e. The van der Waals surface area contributed by atoms with Gasteiger partial charge in [-0.25, -0.2) is 9.37 Å². The van der Waals surface area contributed by atoms with Crippen LogP contribution in [0.25, 0.3) is 33.5 Å². The van der Waals surface area contributed by atoms with Crippen molar-refractivity contribution in [1.82, 2.24) is 14.5 Å². The molecule has 0 radical (unpaired) electrons. The Bertz CT molecular complexity index is 1420. The second-order valence-corrected chi connectivity index (χ2v) is 8.07. The Morgan fingerprint density at radius 2 is 1.53 bits per heavy atom. The van der Waals surface area contributed by atoms with E-state index in [2.05, 4.69) is 64.3 Å². The molecule has 5 heteroatoms. The fourth-order valence-corrected chi connectivity index (χ4v) is 4.01. The van der Waals surface area contributed by atoms with Crippen LogP contribution < -0.4 is 5.32 Å². The average Bonchev–Trinajstić information content (AvgIpc) is 3.11. The molecule has 0 aliphatic rings. The third-order valence-corrected chi connectivity index (χ3v) is 5.63. The molecule has 0 aliphatic carbocycles. The van der Waals surface area contributed by atoms with E-state index in [4.69, 9.17) is 4.98 Å². The molecule has 0 amide bonds. The minimum Gasteiger partial charge on any atom is -0.354 e. The number of nitrogens with zero attached hydrogens (tertiary/aromatic N) is 3. The maximum atomic E-state index is 13.4. The number of aromatic nitrogens is 3. The van der Waals surface area contributed by atoms with E-state index >= 15 is 0 Å². The van der Waals surface area contributed by atoms with Crippen molar-refractivity contribution >= 4 is 22.4 Å². The number of fused-ring (bicyclic) bond motifs is 1. The summed E-state index contributed by atoms with van der Waals surface area (Å²) in [4.78, 5) is 9.17. The first-order chi connectivity index (χ1) is 15.5. The average molecular weight is 423 g/mol. The summed E-state index contributed by atoms with van der Waals surface area (Å²) >= 11 is 0. The topological polar surface area (TPSA) is 42.7 Å². The van der Waals surface area contributed by atoms with Gasteiger partial charge in [-0.3, -0.25) is 4.98 Å². The highest BCUT2D eigenvalue weighted by atomic mass is 19.1. The zero-order chi connectivity index (χ0) is 22.2. The highest BCUT2D eigenvalue weighted by Crippen LogP contribution is 2.32. The maximum Gasteiger partial charge on any atom is 0.140 e. The molecule has 0 spiro atoms. The van der Waals surface area contributed by atoms with Crippen LogP contribution >= 0.6 is 0 Å². The van der Waals surface area contributed by atoms with Gasteiger partial charge in [-0.15, -0.1) is 0 Å². The minimum absolute atomic E-state index is 0.254. The summed E-state index contributed by atoms with van der Waals surface area (Å²) in [5.41, 5.74) is 9.14. The molecule has 2 heterocycles. The molecule has 32 heavy (non-hydrogen) atoms. The number of imidazole rings is 1. The molecule has 5 aromatic rings. The van der Waals surface area contributed by atoms with Gasteiger partial charge in [-0.1, -0.05) is 12.1 Å². The molecular formula is C27H23FN4. The molecule has 0 saturated heterocycles. The number of aryl methyl sites for hydroxylation is 3. The van der Waals surface area contributed by atoms with Crippen molar-refractivity contribution in [3.8, 4) is 22.5 Å². The highest BCUT2D eigenvalue weighted by molar-refractivity contribution is 5.93. The smallest absolute Gasteiger partial charge is 0.140 e. The summed E-state index contributed by atoms with van der Waals surface area (Å²) in [6, 6.07) is 23.1. The van der Waals surface area contributed by atoms with Gasteiger partial charge in [0.15, 0.2) is 0 Å². The van der Waals surface area contributed by atoms with Crippen molar-refractivity contribution < 1.29 is 4.39 Å². The lowest BCUT2D eigenvalue weighted by Gasteiger charge is -2.10. The van der Waals surface area contributed by atoms with Gasteiger partial charge >= 0.3 is 0 Å². The van der Waals surface area contributed by atoms with Crippen molar-refractivity contribution in [2.24, 2.45) is 7.05 Å². The normalized spacial score (nSPS) is 11.1. The zero-order valence-electron chi connectivity index (χ0n) is 18.2. The van der Waals surface area contributed by atoms with E-state index in [0.29, 0.717) is 0 Å². The zero-order valence-corrected chi connectivity index (χ0v) is 18.2. The van der Waals surface area contributed by atoms with E-state index in [-0.39, 0.29) is 5.82 Å². The Morgan fingerprint density at radius 3 is 2.25 bits per heavy atom. The standard InChI is InChI=1S/C27H23FN4/c1-17-14-24(30-23-10-6-19(7-11-23)21-12-13-29-18(2)16-21)26-25(15-17)32(3)27(31-26)20-4-8-22(28)9-5-20/h4-16,30H,1-3H3. The number of benzene rings is 3. The Kier molecular flexibility index (Phi) is 4.94. The van der Waals surface area contributed by atoms with Gasteiger partial charge in [0.1, 0.15) is 17.2 Å². The number of hydrogen-bond donors (Lipinski definition) is 1. The number of halogens is 1. The van der Waals surface area contributed by atoms with E-state index in [1.54, 1.807) is 12.1 Å². The second kappa shape index (κ2) is 7.93. The van der Waals surface area contributed by atoms with Crippen LogP contribution in [0.4, 0.5) is 15.8 Å². The molecule has 3 aromatic carbocycles. The Labute approximate surface area is 186 Å². The number of anilines is 2. The molecule has 158 valence electrons.